The second-order valence-electron chi connectivity index (χ2n) is 5.07. The minimum absolute atomic E-state index is 0.0141. The van der Waals surface area contributed by atoms with Gasteiger partial charge in [0.05, 0.1) is 13.2 Å². The van der Waals surface area contributed by atoms with Crippen LogP contribution < -0.4 is 0 Å². The normalized spacial score (nSPS) is 37.1. The Balaban J connectivity index is 2.89. The van der Waals surface area contributed by atoms with E-state index in [9.17, 15) is 15.3 Å². The first-order valence-corrected chi connectivity index (χ1v) is 5.37. The smallest absolute Gasteiger partial charge is 0.0512 e. The highest BCUT2D eigenvalue weighted by molar-refractivity contribution is 4.96. The second-order valence-corrected chi connectivity index (χ2v) is 5.07. The van der Waals surface area contributed by atoms with Crippen molar-refractivity contribution in [1.29, 1.82) is 0 Å². The van der Waals surface area contributed by atoms with Gasteiger partial charge in [-0.05, 0) is 24.2 Å². The van der Waals surface area contributed by atoms with E-state index in [1.54, 1.807) is 0 Å². The van der Waals surface area contributed by atoms with Crippen LogP contribution in [0.15, 0.2) is 0 Å². The Morgan fingerprint density at radius 2 is 1.64 bits per heavy atom. The second kappa shape index (κ2) is 4.17. The van der Waals surface area contributed by atoms with Gasteiger partial charge in [-0.25, -0.2) is 0 Å². The number of rotatable bonds is 3. The minimum Gasteiger partial charge on any atom is -0.396 e. The maximum absolute atomic E-state index is 9.40. The molecule has 0 aromatic rings. The van der Waals surface area contributed by atoms with E-state index in [0.29, 0.717) is 0 Å². The molecule has 1 aliphatic carbocycles. The molecule has 3 N–H and O–H groups in total. The number of hydrogen-bond acceptors (Lipinski definition) is 3. The first-order chi connectivity index (χ1) is 6.54. The molecule has 0 aromatic heterocycles. The van der Waals surface area contributed by atoms with Gasteiger partial charge in [-0.3, -0.25) is 0 Å². The molecule has 0 heterocycles. The highest BCUT2D eigenvalue weighted by atomic mass is 16.3. The van der Waals surface area contributed by atoms with E-state index in [4.69, 9.17) is 0 Å². The molecule has 0 aromatic carbocycles. The zero-order valence-corrected chi connectivity index (χ0v) is 9.16. The lowest BCUT2D eigenvalue weighted by molar-refractivity contribution is -0.0952. The standard InChI is InChI=1S/C11H22O3/c1-9-10(2,6-12)4-3-5-11(9,7-13)8-14/h9,12-14H,3-8H2,1-2H3. The molecule has 84 valence electrons. The molecule has 0 radical (unpaired) electrons. The Morgan fingerprint density at radius 1 is 1.07 bits per heavy atom. The summed E-state index contributed by atoms with van der Waals surface area (Å²) in [5, 5.41) is 28.2. The largest absolute Gasteiger partial charge is 0.396 e. The first-order valence-electron chi connectivity index (χ1n) is 5.37. The van der Waals surface area contributed by atoms with Crippen LogP contribution in [0, 0.1) is 16.7 Å². The Hall–Kier alpha value is -0.120. The van der Waals surface area contributed by atoms with Gasteiger partial charge < -0.3 is 15.3 Å². The summed E-state index contributed by atoms with van der Waals surface area (Å²) in [7, 11) is 0. The van der Waals surface area contributed by atoms with E-state index >= 15 is 0 Å². The fraction of sp³-hybridized carbons (Fsp3) is 1.00. The van der Waals surface area contributed by atoms with Crippen LogP contribution in [0.4, 0.5) is 0 Å². The van der Waals surface area contributed by atoms with Gasteiger partial charge in [-0.1, -0.05) is 20.3 Å². The highest BCUT2D eigenvalue weighted by Crippen LogP contribution is 2.50. The Kier molecular flexibility index (Phi) is 3.56. The van der Waals surface area contributed by atoms with E-state index < -0.39 is 5.41 Å². The summed E-state index contributed by atoms with van der Waals surface area (Å²) >= 11 is 0. The van der Waals surface area contributed by atoms with Gasteiger partial charge in [-0.15, -0.1) is 0 Å². The summed E-state index contributed by atoms with van der Waals surface area (Å²) < 4.78 is 0. The lowest BCUT2D eigenvalue weighted by Crippen LogP contribution is -2.49. The van der Waals surface area contributed by atoms with Crippen molar-refractivity contribution in [3.8, 4) is 0 Å². The van der Waals surface area contributed by atoms with Crippen molar-refractivity contribution in [2.75, 3.05) is 19.8 Å². The average molecular weight is 202 g/mol. The maximum Gasteiger partial charge on any atom is 0.0512 e. The fourth-order valence-corrected chi connectivity index (χ4v) is 2.71. The van der Waals surface area contributed by atoms with Gasteiger partial charge in [-0.2, -0.15) is 0 Å². The molecule has 1 rings (SSSR count). The molecule has 2 unspecified atom stereocenters. The molecule has 14 heavy (non-hydrogen) atoms. The number of aliphatic hydroxyl groups excluding tert-OH is 3. The Morgan fingerprint density at radius 3 is 2.07 bits per heavy atom. The van der Waals surface area contributed by atoms with Crippen molar-refractivity contribution in [3.63, 3.8) is 0 Å². The predicted molar refractivity (Wildman–Crippen MR) is 54.8 cm³/mol. The van der Waals surface area contributed by atoms with Crippen LogP contribution in [-0.2, 0) is 0 Å². The third kappa shape index (κ3) is 1.69. The summed E-state index contributed by atoms with van der Waals surface area (Å²) in [6.45, 7) is 4.23. The highest BCUT2D eigenvalue weighted by Gasteiger charge is 2.48. The molecule has 1 fully saturated rings. The van der Waals surface area contributed by atoms with E-state index in [1.165, 1.54) is 0 Å². The van der Waals surface area contributed by atoms with Gasteiger partial charge in [0.25, 0.3) is 0 Å². The third-order valence-electron chi connectivity index (χ3n) is 4.38. The maximum atomic E-state index is 9.40. The molecule has 3 heteroatoms. The number of hydrogen-bond donors (Lipinski definition) is 3. The van der Waals surface area contributed by atoms with Gasteiger partial charge >= 0.3 is 0 Å². The van der Waals surface area contributed by atoms with Crippen LogP contribution in [0.2, 0.25) is 0 Å². The van der Waals surface area contributed by atoms with Crippen LogP contribution in [0.25, 0.3) is 0 Å². The van der Waals surface area contributed by atoms with Crippen molar-refractivity contribution in [2.24, 2.45) is 16.7 Å². The molecule has 0 aliphatic heterocycles. The predicted octanol–water partition coefficient (Wildman–Crippen LogP) is 0.776. The van der Waals surface area contributed by atoms with Gasteiger partial charge in [0, 0.05) is 12.0 Å². The molecular formula is C11H22O3. The van der Waals surface area contributed by atoms with Crippen LogP contribution in [0.3, 0.4) is 0 Å². The molecule has 1 aliphatic rings. The first kappa shape index (κ1) is 12.0. The van der Waals surface area contributed by atoms with E-state index in [2.05, 4.69) is 0 Å². The van der Waals surface area contributed by atoms with Crippen LogP contribution in [0.1, 0.15) is 33.1 Å². The molecule has 3 nitrogen and oxygen atoms in total. The summed E-state index contributed by atoms with van der Waals surface area (Å²) in [4.78, 5) is 0. The van der Waals surface area contributed by atoms with E-state index in [-0.39, 0.29) is 31.2 Å². The van der Waals surface area contributed by atoms with Gasteiger partial charge in [0.1, 0.15) is 0 Å². The summed E-state index contributed by atoms with van der Waals surface area (Å²) in [6.07, 6.45) is 2.81. The zero-order valence-electron chi connectivity index (χ0n) is 9.16. The molecular weight excluding hydrogens is 180 g/mol. The zero-order chi connectivity index (χ0) is 10.8. The summed E-state index contributed by atoms with van der Waals surface area (Å²) in [6, 6.07) is 0. The monoisotopic (exact) mass is 202 g/mol. The molecule has 0 bridgehead atoms. The number of aliphatic hydroxyl groups is 3. The molecule has 0 amide bonds. The van der Waals surface area contributed by atoms with Gasteiger partial charge in [0.2, 0.25) is 0 Å². The quantitative estimate of drug-likeness (QED) is 0.633. The van der Waals surface area contributed by atoms with Crippen molar-refractivity contribution < 1.29 is 15.3 Å². The van der Waals surface area contributed by atoms with Crippen molar-refractivity contribution >= 4 is 0 Å². The van der Waals surface area contributed by atoms with E-state index in [1.807, 2.05) is 13.8 Å². The van der Waals surface area contributed by atoms with Gasteiger partial charge in [0.15, 0.2) is 0 Å². The lowest BCUT2D eigenvalue weighted by atomic mass is 9.56. The van der Waals surface area contributed by atoms with E-state index in [0.717, 1.165) is 19.3 Å². The van der Waals surface area contributed by atoms with Crippen molar-refractivity contribution in [2.45, 2.75) is 33.1 Å². The molecule has 0 saturated heterocycles. The molecule has 2 atom stereocenters. The van der Waals surface area contributed by atoms with Crippen LogP contribution in [-0.4, -0.2) is 35.1 Å². The molecule has 1 saturated carbocycles. The van der Waals surface area contributed by atoms with Crippen molar-refractivity contribution in [3.05, 3.63) is 0 Å². The lowest BCUT2D eigenvalue weighted by Gasteiger charge is -2.50. The van der Waals surface area contributed by atoms with Crippen LogP contribution >= 0.6 is 0 Å². The fourth-order valence-electron chi connectivity index (χ4n) is 2.71. The van der Waals surface area contributed by atoms with Crippen LogP contribution in [0.5, 0.6) is 0 Å². The SMILES string of the molecule is CC1C(C)(CO)CCCC1(CO)CO. The Labute approximate surface area is 85.8 Å². The summed E-state index contributed by atoms with van der Waals surface area (Å²) in [5.74, 6) is 0.156. The topological polar surface area (TPSA) is 60.7 Å². The molecule has 0 spiro atoms. The summed E-state index contributed by atoms with van der Waals surface area (Å²) in [5.41, 5.74) is -0.542. The Bertz CT molecular complexity index is 189. The minimum atomic E-state index is -0.393. The average Bonchev–Trinajstić information content (AvgIpc) is 2.23. The van der Waals surface area contributed by atoms with Crippen molar-refractivity contribution in [1.82, 2.24) is 0 Å². The third-order valence-corrected chi connectivity index (χ3v) is 4.38.